The first-order valence-corrected chi connectivity index (χ1v) is 9.91. The Balaban J connectivity index is 1.35. The number of benzene rings is 1. The second-order valence-electron chi connectivity index (χ2n) is 6.04. The molecule has 1 amide bonds. The molecule has 142 valence electrons. The van der Waals surface area contributed by atoms with Crippen molar-refractivity contribution < 1.29 is 9.32 Å². The molecule has 0 saturated heterocycles. The van der Waals surface area contributed by atoms with Crippen molar-refractivity contribution in [1.82, 2.24) is 19.9 Å². The normalized spacial score (nSPS) is 10.9. The van der Waals surface area contributed by atoms with Gasteiger partial charge in [-0.3, -0.25) is 4.79 Å². The lowest BCUT2D eigenvalue weighted by atomic mass is 10.2. The lowest BCUT2D eigenvalue weighted by molar-refractivity contribution is -0.116. The summed E-state index contributed by atoms with van der Waals surface area (Å²) in [5.74, 6) is 1.42. The Morgan fingerprint density at radius 1 is 1.25 bits per heavy atom. The number of carbonyl (C=O) groups excluding carboxylic acids is 1. The van der Waals surface area contributed by atoms with E-state index in [0.717, 1.165) is 11.1 Å². The summed E-state index contributed by atoms with van der Waals surface area (Å²) in [7, 11) is 0. The molecule has 3 heterocycles. The van der Waals surface area contributed by atoms with Crippen LogP contribution in [0.25, 0.3) is 11.4 Å². The van der Waals surface area contributed by atoms with Crippen LogP contribution in [0.2, 0.25) is 5.02 Å². The molecule has 1 N–H and O–H groups in total. The maximum atomic E-state index is 12.3. The highest BCUT2D eigenvalue weighted by Crippen LogP contribution is 2.20. The summed E-state index contributed by atoms with van der Waals surface area (Å²) in [5, 5.41) is 15.6. The average molecular weight is 414 g/mol. The molecule has 9 heteroatoms. The van der Waals surface area contributed by atoms with E-state index in [9.17, 15) is 4.79 Å². The topological polar surface area (TPSA) is 85.8 Å². The second kappa shape index (κ2) is 8.37. The number of halogens is 1. The molecule has 0 fully saturated rings. The van der Waals surface area contributed by atoms with Gasteiger partial charge >= 0.3 is 0 Å². The van der Waals surface area contributed by atoms with Crippen molar-refractivity contribution in [3.63, 3.8) is 0 Å². The van der Waals surface area contributed by atoms with E-state index in [1.165, 1.54) is 0 Å². The number of amides is 1. The van der Waals surface area contributed by atoms with Gasteiger partial charge in [-0.1, -0.05) is 35.0 Å². The number of anilines is 1. The fourth-order valence-corrected chi connectivity index (χ4v) is 3.47. The minimum atomic E-state index is -0.156. The maximum absolute atomic E-state index is 12.3. The zero-order chi connectivity index (χ0) is 19.3. The van der Waals surface area contributed by atoms with Crippen LogP contribution in [-0.2, 0) is 17.8 Å². The summed E-state index contributed by atoms with van der Waals surface area (Å²) in [6.45, 7) is 0.468. The molecule has 0 spiro atoms. The molecule has 0 unspecified atom stereocenters. The molecule has 1 aromatic carbocycles. The van der Waals surface area contributed by atoms with E-state index < -0.39 is 0 Å². The molecule has 4 rings (SSSR count). The first-order valence-electron chi connectivity index (χ1n) is 8.59. The van der Waals surface area contributed by atoms with Crippen LogP contribution in [0.4, 0.5) is 5.82 Å². The summed E-state index contributed by atoms with van der Waals surface area (Å²) >= 11 is 7.77. The van der Waals surface area contributed by atoms with E-state index >= 15 is 0 Å². The number of hydrogen-bond acceptors (Lipinski definition) is 6. The summed E-state index contributed by atoms with van der Waals surface area (Å²) < 4.78 is 6.92. The van der Waals surface area contributed by atoms with Crippen LogP contribution >= 0.6 is 22.9 Å². The highest BCUT2D eigenvalue weighted by atomic mass is 35.5. The smallest absolute Gasteiger partial charge is 0.227 e. The Bertz CT molecular complexity index is 1070. The van der Waals surface area contributed by atoms with Crippen LogP contribution in [0.3, 0.4) is 0 Å². The van der Waals surface area contributed by atoms with Crippen LogP contribution in [0.15, 0.2) is 57.9 Å². The van der Waals surface area contributed by atoms with Gasteiger partial charge in [0, 0.05) is 34.9 Å². The van der Waals surface area contributed by atoms with Gasteiger partial charge < -0.3 is 9.84 Å². The largest absolute Gasteiger partial charge is 0.339 e. The van der Waals surface area contributed by atoms with E-state index in [1.807, 2.05) is 41.1 Å². The van der Waals surface area contributed by atoms with E-state index in [2.05, 4.69) is 20.6 Å². The van der Waals surface area contributed by atoms with Gasteiger partial charge in [0.05, 0.1) is 12.7 Å². The Morgan fingerprint density at radius 2 is 2.14 bits per heavy atom. The number of aryl methyl sites for hydroxylation is 1. The number of hydrogen-bond donors (Lipinski definition) is 1. The van der Waals surface area contributed by atoms with Crippen molar-refractivity contribution >= 4 is 34.7 Å². The number of thiophene rings is 1. The predicted octanol–water partition coefficient (Wildman–Crippen LogP) is 4.27. The van der Waals surface area contributed by atoms with Gasteiger partial charge in [-0.15, -0.1) is 0 Å². The molecular weight excluding hydrogens is 398 g/mol. The lowest BCUT2D eigenvalue weighted by Crippen LogP contribution is -2.16. The predicted molar refractivity (Wildman–Crippen MR) is 107 cm³/mol. The standard InChI is InChI=1S/C19H16ClN5O2S/c20-15-4-2-1-3-13(15)11-25-16(7-9-21-25)22-17(26)5-6-18-23-19(24-27-18)14-8-10-28-12-14/h1-4,7-10,12H,5-6,11H2,(H,22,26). The van der Waals surface area contributed by atoms with E-state index in [-0.39, 0.29) is 12.3 Å². The fraction of sp³-hybridized carbons (Fsp3) is 0.158. The van der Waals surface area contributed by atoms with Gasteiger partial charge in [-0.25, -0.2) is 4.68 Å². The van der Waals surface area contributed by atoms with Crippen molar-refractivity contribution in [3.8, 4) is 11.4 Å². The fourth-order valence-electron chi connectivity index (χ4n) is 2.64. The van der Waals surface area contributed by atoms with Gasteiger partial charge in [-0.05, 0) is 23.1 Å². The molecule has 3 aromatic heterocycles. The van der Waals surface area contributed by atoms with E-state index in [1.54, 1.807) is 28.3 Å². The zero-order valence-corrected chi connectivity index (χ0v) is 16.3. The highest BCUT2D eigenvalue weighted by molar-refractivity contribution is 7.08. The summed E-state index contributed by atoms with van der Waals surface area (Å²) in [5.41, 5.74) is 1.84. The monoisotopic (exact) mass is 413 g/mol. The Labute approximate surface area is 170 Å². The molecule has 28 heavy (non-hydrogen) atoms. The average Bonchev–Trinajstić information content (AvgIpc) is 3.44. The van der Waals surface area contributed by atoms with Crippen molar-refractivity contribution in [3.05, 3.63) is 69.8 Å². The van der Waals surface area contributed by atoms with Gasteiger partial charge in [0.25, 0.3) is 0 Å². The quantitative estimate of drug-likeness (QED) is 0.489. The molecule has 0 radical (unpaired) electrons. The molecule has 0 aliphatic carbocycles. The Hall–Kier alpha value is -2.97. The number of rotatable bonds is 7. The number of nitrogens with one attached hydrogen (secondary N) is 1. The third-order valence-electron chi connectivity index (χ3n) is 4.08. The van der Waals surface area contributed by atoms with Crippen LogP contribution in [0.1, 0.15) is 17.9 Å². The van der Waals surface area contributed by atoms with Crippen LogP contribution in [0.5, 0.6) is 0 Å². The summed E-state index contributed by atoms with van der Waals surface area (Å²) in [4.78, 5) is 16.6. The number of nitrogens with zero attached hydrogens (tertiary/aromatic N) is 4. The van der Waals surface area contributed by atoms with Crippen molar-refractivity contribution in [1.29, 1.82) is 0 Å². The van der Waals surface area contributed by atoms with Gasteiger partial charge in [0.15, 0.2) is 0 Å². The van der Waals surface area contributed by atoms with Crippen molar-refractivity contribution in [2.24, 2.45) is 0 Å². The summed E-state index contributed by atoms with van der Waals surface area (Å²) in [6.07, 6.45) is 2.22. The van der Waals surface area contributed by atoms with Crippen LogP contribution in [-0.4, -0.2) is 25.8 Å². The molecule has 0 atom stereocenters. The molecule has 0 aliphatic rings. The Kier molecular flexibility index (Phi) is 5.50. The number of carbonyl (C=O) groups is 1. The van der Waals surface area contributed by atoms with Gasteiger partial charge in [0.1, 0.15) is 5.82 Å². The Morgan fingerprint density at radius 3 is 2.96 bits per heavy atom. The van der Waals surface area contributed by atoms with Gasteiger partial charge in [-0.2, -0.15) is 21.4 Å². The molecule has 7 nitrogen and oxygen atoms in total. The van der Waals surface area contributed by atoms with Gasteiger partial charge in [0.2, 0.25) is 17.6 Å². The van der Waals surface area contributed by atoms with E-state index in [4.69, 9.17) is 16.1 Å². The molecule has 0 bridgehead atoms. The minimum Gasteiger partial charge on any atom is -0.339 e. The lowest BCUT2D eigenvalue weighted by Gasteiger charge is -2.09. The van der Waals surface area contributed by atoms with Crippen molar-refractivity contribution in [2.75, 3.05) is 5.32 Å². The molecule has 4 aromatic rings. The van der Waals surface area contributed by atoms with Crippen molar-refractivity contribution in [2.45, 2.75) is 19.4 Å². The zero-order valence-electron chi connectivity index (χ0n) is 14.7. The first-order chi connectivity index (χ1) is 13.7. The van der Waals surface area contributed by atoms with Crippen LogP contribution in [0, 0.1) is 0 Å². The van der Waals surface area contributed by atoms with Crippen LogP contribution < -0.4 is 5.32 Å². The SMILES string of the molecule is O=C(CCc1nc(-c2ccsc2)no1)Nc1ccnn1Cc1ccccc1Cl. The molecule has 0 saturated carbocycles. The summed E-state index contributed by atoms with van der Waals surface area (Å²) in [6, 6.07) is 11.2. The van der Waals surface area contributed by atoms with E-state index in [0.29, 0.717) is 35.5 Å². The first kappa shape index (κ1) is 18.4. The third-order valence-corrected chi connectivity index (χ3v) is 5.13. The maximum Gasteiger partial charge on any atom is 0.227 e. The minimum absolute atomic E-state index is 0.156. The second-order valence-corrected chi connectivity index (χ2v) is 7.22. The number of aromatic nitrogens is 4. The highest BCUT2D eigenvalue weighted by Gasteiger charge is 2.13. The molecule has 0 aliphatic heterocycles. The third kappa shape index (κ3) is 4.29. The molecular formula is C19H16ClN5O2S.